The number of hydrogen-bond donors (Lipinski definition) is 5. The van der Waals surface area contributed by atoms with Crippen LogP contribution in [0.2, 0.25) is 0 Å². The molecule has 8 atom stereocenters. The molecule has 0 radical (unpaired) electrons. The van der Waals surface area contributed by atoms with Gasteiger partial charge in [-0.25, -0.2) is 0 Å². The summed E-state index contributed by atoms with van der Waals surface area (Å²) in [7, 11) is -4.02. The predicted octanol–water partition coefficient (Wildman–Crippen LogP) is 8.41. The number of allylic oxidation sites excluding steroid dienone is 2. The van der Waals surface area contributed by atoms with Crippen molar-refractivity contribution in [2.45, 2.75) is 146 Å². The average Bonchev–Trinajstić information content (AvgIpc) is 4.06. The molecule has 0 bridgehead atoms. The van der Waals surface area contributed by atoms with Gasteiger partial charge in [0.25, 0.3) is 10.1 Å². The van der Waals surface area contributed by atoms with Crippen LogP contribution in [0.1, 0.15) is 114 Å². The first-order valence-electron chi connectivity index (χ1n) is 24.0. The summed E-state index contributed by atoms with van der Waals surface area (Å²) in [5, 5.41) is 36.3. The first-order valence-corrected chi connectivity index (χ1v) is 25.5. The van der Waals surface area contributed by atoms with Crippen LogP contribution in [0, 0.1) is 36.5 Å². The van der Waals surface area contributed by atoms with Gasteiger partial charge in [0.2, 0.25) is 0 Å². The Morgan fingerprint density at radius 1 is 0.773 bits per heavy atom. The van der Waals surface area contributed by atoms with Crippen LogP contribution in [-0.4, -0.2) is 95.7 Å². The molecule has 2 aliphatic heterocycles. The van der Waals surface area contributed by atoms with E-state index in [1.54, 1.807) is 12.1 Å². The van der Waals surface area contributed by atoms with E-state index >= 15 is 0 Å². The van der Waals surface area contributed by atoms with Crippen LogP contribution in [0.25, 0.3) is 0 Å². The zero-order chi connectivity index (χ0) is 48.0. The standard InChI is InChI=1S/C25H38O4.C19H24O3.C7H8O3S.C2H6O2/c1-2-3-4-5-9-12-21-22(24(27)19-23(21)26)14-16-25(28-17-18-29-25)15-13-20-10-7-6-8-11-20;1-13-11-18-17(12-19(21)22-18)16(13)10-9-15(20)8-7-14-5-3-2-4-6-14;1-6-2-4-7(5-3-6)11(8,9)10;3-1-2-4/h5-11,21-24,26-27H,2-4,12-19H2,1H3;2-6,13,16-18H,7-12H2,1H3;2-5H,1H3,(H,8,9,10);3-4H,1-2H2/b9-5-;;;/t21-,22-,23+,24-;13?,16-,17?,18?;;/m10../s1. The molecular weight excluding hydrogens is 861 g/mol. The minimum atomic E-state index is -4.02. The number of aliphatic hydroxyl groups excluding tert-OH is 4. The van der Waals surface area contributed by atoms with Crippen molar-refractivity contribution < 1.29 is 57.2 Å². The van der Waals surface area contributed by atoms with Crippen molar-refractivity contribution in [1.29, 1.82) is 0 Å². The lowest BCUT2D eigenvalue weighted by Gasteiger charge is -2.31. The number of hydrogen-bond acceptors (Lipinski definition) is 11. The summed E-state index contributed by atoms with van der Waals surface area (Å²) in [4.78, 5) is 23.5. The summed E-state index contributed by atoms with van der Waals surface area (Å²) in [5.74, 6) is 1.33. The molecule has 0 aromatic heterocycles. The number of esters is 1. The fraction of sp³-hybridized carbons (Fsp3) is 0.585. The van der Waals surface area contributed by atoms with Crippen LogP contribution in [0.3, 0.4) is 0 Å². The summed E-state index contributed by atoms with van der Waals surface area (Å²) >= 11 is 0. The second kappa shape index (κ2) is 28.5. The van der Waals surface area contributed by atoms with Gasteiger partial charge in [-0.3, -0.25) is 14.1 Å². The van der Waals surface area contributed by atoms with Gasteiger partial charge in [-0.15, -0.1) is 0 Å². The van der Waals surface area contributed by atoms with Gasteiger partial charge >= 0.3 is 5.97 Å². The maximum Gasteiger partial charge on any atom is 0.306 e. The smallest absolute Gasteiger partial charge is 0.306 e. The first-order chi connectivity index (χ1) is 31.7. The van der Waals surface area contributed by atoms with E-state index in [9.17, 15) is 28.2 Å². The number of unbranched alkanes of at least 4 members (excludes halogenated alkanes) is 2. The Kier molecular flexibility index (Phi) is 23.7. The molecule has 2 aliphatic carbocycles. The number of Topliss-reactive ketones (excluding diaryl/α,β-unsaturated/α-hetero) is 1. The molecule has 2 saturated heterocycles. The van der Waals surface area contributed by atoms with Gasteiger partial charge in [-0.2, -0.15) is 8.42 Å². The highest BCUT2D eigenvalue weighted by molar-refractivity contribution is 7.85. The van der Waals surface area contributed by atoms with Gasteiger partial charge in [-0.1, -0.05) is 117 Å². The monoisotopic (exact) mass is 937 g/mol. The third-order valence-corrected chi connectivity index (χ3v) is 14.3. The second-order valence-corrected chi connectivity index (χ2v) is 19.7. The van der Waals surface area contributed by atoms with E-state index in [2.05, 4.69) is 62.4 Å². The number of fused-ring (bicyclic) bond motifs is 1. The molecule has 0 amide bonds. The lowest BCUT2D eigenvalue weighted by atomic mass is 9.84. The summed E-state index contributed by atoms with van der Waals surface area (Å²) in [6.45, 7) is 7.28. The number of carbonyl (C=O) groups is 2. The number of ether oxygens (including phenoxy) is 3. The Morgan fingerprint density at radius 3 is 1.97 bits per heavy atom. The van der Waals surface area contributed by atoms with Crippen molar-refractivity contribution in [2.75, 3.05) is 26.4 Å². The molecule has 3 aromatic rings. The minimum absolute atomic E-state index is 0.0534. The van der Waals surface area contributed by atoms with Crippen molar-refractivity contribution in [3.05, 3.63) is 114 Å². The summed E-state index contributed by atoms with van der Waals surface area (Å²) in [5.41, 5.74) is 3.47. The van der Waals surface area contributed by atoms with E-state index in [-0.39, 0.29) is 42.0 Å². The lowest BCUT2D eigenvalue weighted by molar-refractivity contribution is -0.170. The topological polar surface area (TPSA) is 197 Å². The van der Waals surface area contributed by atoms with Crippen molar-refractivity contribution in [3.8, 4) is 0 Å². The summed E-state index contributed by atoms with van der Waals surface area (Å²) in [6.07, 6.45) is 16.3. The minimum Gasteiger partial charge on any atom is -0.462 e. The van der Waals surface area contributed by atoms with Crippen molar-refractivity contribution >= 4 is 21.9 Å². The molecule has 66 heavy (non-hydrogen) atoms. The third kappa shape index (κ3) is 18.4. The van der Waals surface area contributed by atoms with Gasteiger partial charge in [0.1, 0.15) is 11.9 Å². The zero-order valence-electron chi connectivity index (χ0n) is 39.3. The van der Waals surface area contributed by atoms with Crippen LogP contribution < -0.4 is 0 Å². The Balaban J connectivity index is 0.000000225. The lowest BCUT2D eigenvalue weighted by Crippen LogP contribution is -2.33. The van der Waals surface area contributed by atoms with Crippen molar-refractivity contribution in [3.63, 3.8) is 0 Å². The highest BCUT2D eigenvalue weighted by atomic mass is 32.2. The number of rotatable bonds is 19. The maximum atomic E-state index is 12.1. The zero-order valence-corrected chi connectivity index (χ0v) is 40.1. The van der Waals surface area contributed by atoms with Crippen LogP contribution >= 0.6 is 0 Å². The first kappa shape index (κ1) is 54.8. The fourth-order valence-electron chi connectivity index (χ4n) is 9.71. The van der Waals surface area contributed by atoms with Crippen LogP contribution in [0.15, 0.2) is 102 Å². The Morgan fingerprint density at radius 2 is 1.38 bits per heavy atom. The van der Waals surface area contributed by atoms with Crippen molar-refractivity contribution in [1.82, 2.24) is 0 Å². The molecule has 5 N–H and O–H groups in total. The quantitative estimate of drug-likeness (QED) is 0.0334. The molecule has 3 unspecified atom stereocenters. The van der Waals surface area contributed by atoms with E-state index < -0.39 is 28.1 Å². The molecular formula is C53H76O12S. The average molecular weight is 937 g/mol. The molecule has 7 rings (SSSR count). The molecule has 4 fully saturated rings. The van der Waals surface area contributed by atoms with Crippen LogP contribution in [-0.2, 0) is 46.8 Å². The molecule has 0 spiro atoms. The molecule has 366 valence electrons. The van der Waals surface area contributed by atoms with Crippen LogP contribution in [0.4, 0.5) is 0 Å². The van der Waals surface area contributed by atoms with E-state index in [4.69, 9.17) is 29.0 Å². The van der Waals surface area contributed by atoms with E-state index in [1.807, 2.05) is 31.2 Å². The predicted molar refractivity (Wildman–Crippen MR) is 255 cm³/mol. The molecule has 2 saturated carbocycles. The van der Waals surface area contributed by atoms with Crippen molar-refractivity contribution in [2.24, 2.45) is 29.6 Å². The number of aryl methyl sites for hydroxylation is 3. The summed E-state index contributed by atoms with van der Waals surface area (Å²) < 4.78 is 47.1. The third-order valence-electron chi connectivity index (χ3n) is 13.4. The van der Waals surface area contributed by atoms with E-state index in [0.29, 0.717) is 62.4 Å². The number of ketones is 1. The highest BCUT2D eigenvalue weighted by Gasteiger charge is 2.48. The highest BCUT2D eigenvalue weighted by Crippen LogP contribution is 2.47. The number of aliphatic hydroxyl groups is 4. The van der Waals surface area contributed by atoms with Gasteiger partial charge in [0, 0.05) is 31.6 Å². The maximum absolute atomic E-state index is 12.1. The Hall–Kier alpha value is -3.79. The van der Waals surface area contributed by atoms with E-state index in [0.717, 1.165) is 63.4 Å². The number of benzene rings is 3. The fourth-order valence-corrected chi connectivity index (χ4v) is 10.2. The molecule has 4 aliphatic rings. The normalized spacial score (nSPS) is 25.2. The molecule has 12 nitrogen and oxygen atoms in total. The van der Waals surface area contributed by atoms with Gasteiger partial charge in [-0.05, 0) is 105 Å². The molecule has 13 heteroatoms. The summed E-state index contributed by atoms with van der Waals surface area (Å²) in [6, 6.07) is 26.6. The van der Waals surface area contributed by atoms with E-state index in [1.165, 1.54) is 36.1 Å². The van der Waals surface area contributed by atoms with Gasteiger partial charge in [0.15, 0.2) is 5.79 Å². The Labute approximate surface area is 393 Å². The van der Waals surface area contributed by atoms with Gasteiger partial charge < -0.3 is 34.6 Å². The Bertz CT molecular complexity index is 1970. The SMILES string of the molecule is CC1CC2OC(=O)CC2[C@H]1CCC(=O)CCc1ccccc1.CCCC/C=C\C[C@@H]1[C@@H](CCC2(CCc3ccccc3)OCCO2)[C@H](O)C[C@@H]1O.Cc1ccc(S(=O)(=O)O)cc1.OCCO. The molecule has 2 heterocycles. The second-order valence-electron chi connectivity index (χ2n) is 18.3. The number of carbonyl (C=O) groups excluding carboxylic acids is 2. The largest absolute Gasteiger partial charge is 0.462 e. The van der Waals surface area contributed by atoms with Crippen LogP contribution in [0.5, 0.6) is 0 Å². The van der Waals surface area contributed by atoms with Gasteiger partial charge in [0.05, 0.1) is 50.0 Å². The molecule has 3 aromatic carbocycles.